The second kappa shape index (κ2) is 4.04. The van der Waals surface area contributed by atoms with E-state index in [1.165, 1.54) is 6.42 Å². The molecule has 0 bridgehead atoms. The summed E-state index contributed by atoms with van der Waals surface area (Å²) in [5.41, 5.74) is 0. The molecule has 0 aliphatic carbocycles. The molecule has 2 heterocycles. The summed E-state index contributed by atoms with van der Waals surface area (Å²) in [4.78, 5) is 18.0. The lowest BCUT2D eigenvalue weighted by Crippen LogP contribution is -2.49. The van der Waals surface area contributed by atoms with Gasteiger partial charge in [-0.1, -0.05) is 0 Å². The van der Waals surface area contributed by atoms with Crippen LogP contribution in [0, 0.1) is 0 Å². The van der Waals surface area contributed by atoms with Crippen molar-refractivity contribution in [3.63, 3.8) is 0 Å². The van der Waals surface area contributed by atoms with Crippen LogP contribution in [0.1, 0.15) is 33.1 Å². The van der Waals surface area contributed by atoms with E-state index in [1.807, 2.05) is 4.90 Å². The fraction of sp³-hybridized carbons (Fsp3) is 0.636. The van der Waals surface area contributed by atoms with E-state index in [0.717, 1.165) is 12.8 Å². The third-order valence-corrected chi connectivity index (χ3v) is 3.14. The standard InChI is InChI=1S/C11H17N3O/c1-9-4-3-5-10(2)14(9)11(15)13-7-6-12-8-13/h6-10H,3-5H2,1-2H3/t9-,10+. The van der Waals surface area contributed by atoms with E-state index in [9.17, 15) is 4.79 Å². The van der Waals surface area contributed by atoms with Crippen LogP contribution in [0.15, 0.2) is 18.7 Å². The first kappa shape index (κ1) is 10.2. The van der Waals surface area contributed by atoms with Gasteiger partial charge in [0.05, 0.1) is 0 Å². The van der Waals surface area contributed by atoms with E-state index >= 15 is 0 Å². The second-order valence-corrected chi connectivity index (χ2v) is 4.29. The molecule has 0 N–H and O–H groups in total. The molecular formula is C11H17N3O. The molecule has 0 radical (unpaired) electrons. The number of hydrogen-bond acceptors (Lipinski definition) is 2. The van der Waals surface area contributed by atoms with Crippen molar-refractivity contribution in [2.24, 2.45) is 0 Å². The molecule has 1 fully saturated rings. The molecule has 15 heavy (non-hydrogen) atoms. The predicted molar refractivity (Wildman–Crippen MR) is 57.6 cm³/mol. The van der Waals surface area contributed by atoms with Crippen molar-refractivity contribution in [1.29, 1.82) is 0 Å². The number of rotatable bonds is 0. The maximum absolute atomic E-state index is 12.1. The Morgan fingerprint density at radius 3 is 2.53 bits per heavy atom. The molecule has 0 spiro atoms. The van der Waals surface area contributed by atoms with Gasteiger partial charge in [0.25, 0.3) is 0 Å². The quantitative estimate of drug-likeness (QED) is 0.653. The van der Waals surface area contributed by atoms with Crippen LogP contribution in [0.3, 0.4) is 0 Å². The van der Waals surface area contributed by atoms with Gasteiger partial charge in [-0.15, -0.1) is 0 Å². The van der Waals surface area contributed by atoms with Gasteiger partial charge in [-0.05, 0) is 33.1 Å². The third kappa shape index (κ3) is 1.89. The normalized spacial score (nSPS) is 26.7. The molecule has 2 rings (SSSR count). The predicted octanol–water partition coefficient (Wildman–Crippen LogP) is 2.11. The summed E-state index contributed by atoms with van der Waals surface area (Å²) in [6.45, 7) is 4.23. The number of aromatic nitrogens is 2. The minimum atomic E-state index is 0.0483. The third-order valence-electron chi connectivity index (χ3n) is 3.14. The highest BCUT2D eigenvalue weighted by Gasteiger charge is 2.29. The SMILES string of the molecule is C[C@@H]1CCC[C@H](C)N1C(=O)n1ccnc1. The number of carbonyl (C=O) groups is 1. The average molecular weight is 207 g/mol. The van der Waals surface area contributed by atoms with Gasteiger partial charge in [0.15, 0.2) is 0 Å². The summed E-state index contributed by atoms with van der Waals surface area (Å²) < 4.78 is 1.55. The highest BCUT2D eigenvalue weighted by atomic mass is 16.2. The van der Waals surface area contributed by atoms with Crippen molar-refractivity contribution in [3.05, 3.63) is 18.7 Å². The van der Waals surface area contributed by atoms with Gasteiger partial charge >= 0.3 is 6.03 Å². The molecule has 1 aromatic rings. The number of hydrogen-bond donors (Lipinski definition) is 0. The Bertz CT molecular complexity index is 324. The molecular weight excluding hydrogens is 190 g/mol. The Morgan fingerprint density at radius 2 is 2.00 bits per heavy atom. The molecule has 1 aliphatic rings. The number of imidazole rings is 1. The van der Waals surface area contributed by atoms with Gasteiger partial charge < -0.3 is 4.90 Å². The second-order valence-electron chi connectivity index (χ2n) is 4.29. The van der Waals surface area contributed by atoms with Crippen LogP contribution in [-0.4, -0.2) is 32.6 Å². The van der Waals surface area contributed by atoms with Crippen LogP contribution in [0.2, 0.25) is 0 Å². The first-order valence-corrected chi connectivity index (χ1v) is 5.51. The Balaban J connectivity index is 2.17. The van der Waals surface area contributed by atoms with Crippen molar-refractivity contribution < 1.29 is 4.79 Å². The zero-order valence-electron chi connectivity index (χ0n) is 9.26. The maximum Gasteiger partial charge on any atom is 0.329 e. The zero-order chi connectivity index (χ0) is 10.8. The first-order valence-electron chi connectivity index (χ1n) is 5.51. The molecule has 0 unspecified atom stereocenters. The van der Waals surface area contributed by atoms with Gasteiger partial charge in [-0.2, -0.15) is 0 Å². The number of likely N-dealkylation sites (tertiary alicyclic amines) is 1. The summed E-state index contributed by atoms with van der Waals surface area (Å²) in [5, 5.41) is 0. The number of carbonyl (C=O) groups excluding carboxylic acids is 1. The molecule has 1 aromatic heterocycles. The largest absolute Gasteiger partial charge is 0.329 e. The summed E-state index contributed by atoms with van der Waals surface area (Å²) in [5.74, 6) is 0. The molecule has 2 atom stereocenters. The molecule has 1 saturated heterocycles. The van der Waals surface area contributed by atoms with Gasteiger partial charge in [-0.25, -0.2) is 9.78 Å². The van der Waals surface area contributed by atoms with Crippen LogP contribution < -0.4 is 0 Å². The van der Waals surface area contributed by atoms with Crippen LogP contribution >= 0.6 is 0 Å². The highest BCUT2D eigenvalue weighted by Crippen LogP contribution is 2.23. The minimum absolute atomic E-state index is 0.0483. The summed E-state index contributed by atoms with van der Waals surface area (Å²) in [6, 6.07) is 0.722. The van der Waals surface area contributed by atoms with E-state index in [1.54, 1.807) is 23.3 Å². The molecule has 4 heteroatoms. The maximum atomic E-state index is 12.1. The minimum Gasteiger partial charge on any atom is -0.319 e. The Morgan fingerprint density at radius 1 is 1.33 bits per heavy atom. The topological polar surface area (TPSA) is 38.1 Å². The van der Waals surface area contributed by atoms with E-state index in [-0.39, 0.29) is 6.03 Å². The zero-order valence-corrected chi connectivity index (χ0v) is 9.26. The van der Waals surface area contributed by atoms with Crippen LogP contribution in [0.25, 0.3) is 0 Å². The van der Waals surface area contributed by atoms with E-state index in [2.05, 4.69) is 18.8 Å². The average Bonchev–Trinajstić information content (AvgIpc) is 2.69. The van der Waals surface area contributed by atoms with E-state index in [0.29, 0.717) is 12.1 Å². The van der Waals surface area contributed by atoms with Gasteiger partial charge in [0, 0.05) is 24.5 Å². The van der Waals surface area contributed by atoms with E-state index < -0.39 is 0 Å². The van der Waals surface area contributed by atoms with Gasteiger partial charge in [0.2, 0.25) is 0 Å². The smallest absolute Gasteiger partial charge is 0.319 e. The lowest BCUT2D eigenvalue weighted by molar-refractivity contribution is 0.124. The molecule has 1 amide bonds. The Kier molecular flexibility index (Phi) is 2.75. The number of nitrogens with zero attached hydrogens (tertiary/aromatic N) is 3. The van der Waals surface area contributed by atoms with Crippen molar-refractivity contribution in [3.8, 4) is 0 Å². The summed E-state index contributed by atoms with van der Waals surface area (Å²) in [6.07, 6.45) is 8.33. The van der Waals surface area contributed by atoms with Crippen molar-refractivity contribution in [1.82, 2.24) is 14.5 Å². The van der Waals surface area contributed by atoms with Crippen molar-refractivity contribution in [2.45, 2.75) is 45.2 Å². The molecule has 0 saturated carbocycles. The highest BCUT2D eigenvalue weighted by molar-refractivity contribution is 5.77. The molecule has 0 aromatic carbocycles. The van der Waals surface area contributed by atoms with E-state index in [4.69, 9.17) is 0 Å². The van der Waals surface area contributed by atoms with Crippen molar-refractivity contribution in [2.75, 3.05) is 0 Å². The fourth-order valence-corrected chi connectivity index (χ4v) is 2.30. The Hall–Kier alpha value is -1.32. The summed E-state index contributed by atoms with van der Waals surface area (Å²) in [7, 11) is 0. The lowest BCUT2D eigenvalue weighted by atomic mass is 9.98. The lowest BCUT2D eigenvalue weighted by Gasteiger charge is -2.38. The molecule has 1 aliphatic heterocycles. The van der Waals surface area contributed by atoms with Crippen LogP contribution in [0.5, 0.6) is 0 Å². The number of amides is 1. The van der Waals surface area contributed by atoms with Gasteiger partial charge in [-0.3, -0.25) is 4.57 Å². The van der Waals surface area contributed by atoms with Crippen LogP contribution in [-0.2, 0) is 0 Å². The number of piperidine rings is 1. The summed E-state index contributed by atoms with van der Waals surface area (Å²) >= 11 is 0. The van der Waals surface area contributed by atoms with Crippen molar-refractivity contribution >= 4 is 6.03 Å². The monoisotopic (exact) mass is 207 g/mol. The fourth-order valence-electron chi connectivity index (χ4n) is 2.30. The molecule has 82 valence electrons. The first-order chi connectivity index (χ1) is 7.20. The molecule has 4 nitrogen and oxygen atoms in total. The van der Waals surface area contributed by atoms with Gasteiger partial charge in [0.1, 0.15) is 6.33 Å². The van der Waals surface area contributed by atoms with Crippen LogP contribution in [0.4, 0.5) is 4.79 Å². The Labute approximate surface area is 89.9 Å².